The van der Waals surface area contributed by atoms with Crippen molar-refractivity contribution in [3.63, 3.8) is 0 Å². The molecule has 0 saturated carbocycles. The average molecular weight is 872 g/mol. The van der Waals surface area contributed by atoms with Crippen LogP contribution in [0.1, 0.15) is 49.9 Å². The van der Waals surface area contributed by atoms with Crippen molar-refractivity contribution in [2.75, 3.05) is 4.90 Å². The second-order valence-corrected chi connectivity index (χ2v) is 19.6. The Morgan fingerprint density at radius 1 is 0.324 bits per heavy atom. The summed E-state index contributed by atoms with van der Waals surface area (Å²) in [6, 6.07) is 82.2. The molecule has 11 aromatic rings. The Kier molecular flexibility index (Phi) is 8.95. The fraction of sp³-hybridized carbons (Fsp3) is 0.0909. The Morgan fingerprint density at radius 3 is 1.57 bits per heavy atom. The van der Waals surface area contributed by atoms with Crippen LogP contribution >= 0.6 is 0 Å². The fourth-order valence-corrected chi connectivity index (χ4v) is 11.7. The van der Waals surface area contributed by atoms with Gasteiger partial charge in [0, 0.05) is 44.1 Å². The number of furan rings is 1. The number of hydrogen-bond acceptors (Lipinski definition) is 2. The highest BCUT2D eigenvalue weighted by atomic mass is 16.3. The number of anilines is 3. The minimum absolute atomic E-state index is 0.153. The minimum Gasteiger partial charge on any atom is -0.455 e. The molecule has 0 unspecified atom stereocenters. The number of nitrogens with zero attached hydrogens (tertiary/aromatic N) is 1. The van der Waals surface area contributed by atoms with Crippen molar-refractivity contribution in [3.05, 3.63) is 247 Å². The molecule has 324 valence electrons. The van der Waals surface area contributed by atoms with Gasteiger partial charge in [0.25, 0.3) is 0 Å². The number of fused-ring (bicyclic) bond motifs is 9. The molecule has 0 saturated heterocycles. The molecule has 2 nitrogen and oxygen atoms in total. The normalized spacial score (nSPS) is 13.8. The van der Waals surface area contributed by atoms with Crippen molar-refractivity contribution < 1.29 is 4.42 Å². The van der Waals surface area contributed by atoms with Gasteiger partial charge in [-0.1, -0.05) is 198 Å². The Morgan fingerprint density at radius 2 is 0.824 bits per heavy atom. The lowest BCUT2D eigenvalue weighted by Crippen LogP contribution is -2.17. The van der Waals surface area contributed by atoms with Crippen molar-refractivity contribution in [2.45, 2.75) is 38.5 Å². The summed E-state index contributed by atoms with van der Waals surface area (Å²) in [6.45, 7) is 9.64. The molecule has 0 spiro atoms. The summed E-state index contributed by atoms with van der Waals surface area (Å²) in [4.78, 5) is 2.41. The SMILES string of the molecule is CC1(C)c2cc(-c3ccccc3N(c3ccc(-c4ccccc4)cc3)c3ccc(-c4cccc5c4oc4ccccc45)cc3)ccc2-c2cc3c(cc21)-c1cccc(-c2ccccc2)c1C3(C)C. The third-order valence-corrected chi connectivity index (χ3v) is 15.1. The predicted molar refractivity (Wildman–Crippen MR) is 285 cm³/mol. The highest BCUT2D eigenvalue weighted by Crippen LogP contribution is 2.58. The van der Waals surface area contributed by atoms with E-state index in [9.17, 15) is 0 Å². The molecule has 1 heterocycles. The zero-order valence-corrected chi connectivity index (χ0v) is 38.7. The van der Waals surface area contributed by atoms with Crippen molar-refractivity contribution in [3.8, 4) is 66.8 Å². The van der Waals surface area contributed by atoms with E-state index in [4.69, 9.17) is 4.42 Å². The summed E-state index contributed by atoms with van der Waals surface area (Å²) in [6.07, 6.45) is 0. The molecule has 0 N–H and O–H groups in total. The summed E-state index contributed by atoms with van der Waals surface area (Å²) < 4.78 is 6.49. The van der Waals surface area contributed by atoms with E-state index in [1.54, 1.807) is 0 Å². The van der Waals surface area contributed by atoms with Crippen molar-refractivity contribution in [1.29, 1.82) is 0 Å². The number of rotatable bonds is 7. The Hall–Kier alpha value is -8.20. The topological polar surface area (TPSA) is 16.4 Å². The fourth-order valence-electron chi connectivity index (χ4n) is 11.7. The number of para-hydroxylation sites is 3. The summed E-state index contributed by atoms with van der Waals surface area (Å²) in [5.74, 6) is 0. The summed E-state index contributed by atoms with van der Waals surface area (Å²) in [5.41, 5.74) is 25.3. The highest BCUT2D eigenvalue weighted by molar-refractivity contribution is 6.09. The largest absolute Gasteiger partial charge is 0.455 e. The van der Waals surface area contributed by atoms with Crippen LogP contribution in [0.5, 0.6) is 0 Å². The molecule has 2 aliphatic carbocycles. The van der Waals surface area contributed by atoms with Gasteiger partial charge in [0.1, 0.15) is 11.2 Å². The van der Waals surface area contributed by atoms with Gasteiger partial charge in [0.05, 0.1) is 5.69 Å². The van der Waals surface area contributed by atoms with Crippen molar-refractivity contribution in [2.24, 2.45) is 0 Å². The van der Waals surface area contributed by atoms with Crippen LogP contribution in [0.15, 0.2) is 229 Å². The molecule has 10 aromatic carbocycles. The van der Waals surface area contributed by atoms with Crippen LogP contribution in [0.2, 0.25) is 0 Å². The first kappa shape index (κ1) is 40.1. The molecule has 0 aliphatic heterocycles. The zero-order valence-electron chi connectivity index (χ0n) is 38.7. The molecule has 13 rings (SSSR count). The molecule has 2 aliphatic rings. The van der Waals surface area contributed by atoms with E-state index in [1.165, 1.54) is 77.9 Å². The van der Waals surface area contributed by atoms with E-state index in [1.807, 2.05) is 12.1 Å². The van der Waals surface area contributed by atoms with Crippen LogP contribution in [0, 0.1) is 0 Å². The predicted octanol–water partition coefficient (Wildman–Crippen LogP) is 18.3. The molecule has 1 aromatic heterocycles. The van der Waals surface area contributed by atoms with Crippen LogP contribution in [0.25, 0.3) is 88.7 Å². The van der Waals surface area contributed by atoms with Gasteiger partial charge < -0.3 is 9.32 Å². The van der Waals surface area contributed by atoms with E-state index in [0.717, 1.165) is 50.1 Å². The smallest absolute Gasteiger partial charge is 0.143 e. The van der Waals surface area contributed by atoms with Gasteiger partial charge in [-0.15, -0.1) is 0 Å². The standard InChI is InChI=1S/C66H49NO/c1-65(2)58-39-46(33-38-52(58)56-40-60-57(41-59(56)65)54-25-15-23-50(63(54)66(60,3)4)44-19-9-6-10-20-44)49-21-11-13-27-61(49)67(47-34-29-43(30-35-47)42-17-7-5-8-18-42)48-36-31-45(32-37-48)51-24-16-26-55-53-22-12-14-28-62(53)68-64(51)55/h5-41H,1-4H3. The van der Waals surface area contributed by atoms with Crippen molar-refractivity contribution in [1.82, 2.24) is 0 Å². The van der Waals surface area contributed by atoms with Gasteiger partial charge in [-0.05, 0) is 132 Å². The molecular weight excluding hydrogens is 823 g/mol. The first-order chi connectivity index (χ1) is 33.2. The monoisotopic (exact) mass is 871 g/mol. The maximum Gasteiger partial charge on any atom is 0.143 e. The van der Waals surface area contributed by atoms with Crippen LogP contribution in [0.3, 0.4) is 0 Å². The lowest BCUT2D eigenvalue weighted by molar-refractivity contribution is 0.653. The average Bonchev–Trinajstić information content (AvgIpc) is 3.96. The lowest BCUT2D eigenvalue weighted by Gasteiger charge is -2.29. The van der Waals surface area contributed by atoms with Gasteiger partial charge in [-0.3, -0.25) is 0 Å². The van der Waals surface area contributed by atoms with E-state index >= 15 is 0 Å². The van der Waals surface area contributed by atoms with Crippen molar-refractivity contribution >= 4 is 39.0 Å². The van der Waals surface area contributed by atoms with Crippen LogP contribution in [0.4, 0.5) is 17.1 Å². The molecule has 0 atom stereocenters. The Bertz CT molecular complexity index is 3760. The third kappa shape index (κ3) is 6.10. The first-order valence-electron chi connectivity index (χ1n) is 23.8. The number of hydrogen-bond donors (Lipinski definition) is 0. The van der Waals surface area contributed by atoms with E-state index < -0.39 is 0 Å². The van der Waals surface area contributed by atoms with Crippen LogP contribution in [-0.2, 0) is 10.8 Å². The molecule has 0 amide bonds. The molecule has 2 heteroatoms. The van der Waals surface area contributed by atoms with Gasteiger partial charge in [0.15, 0.2) is 0 Å². The first-order valence-corrected chi connectivity index (χ1v) is 23.8. The molecule has 0 bridgehead atoms. The third-order valence-electron chi connectivity index (χ3n) is 15.1. The Labute approximate surface area is 398 Å². The van der Waals surface area contributed by atoms with Gasteiger partial charge in [-0.2, -0.15) is 0 Å². The Balaban J connectivity index is 0.914. The zero-order chi connectivity index (χ0) is 45.7. The van der Waals surface area contributed by atoms with Crippen LogP contribution < -0.4 is 4.90 Å². The highest BCUT2D eigenvalue weighted by Gasteiger charge is 2.43. The summed E-state index contributed by atoms with van der Waals surface area (Å²) in [5, 5.41) is 2.27. The molecule has 0 fully saturated rings. The summed E-state index contributed by atoms with van der Waals surface area (Å²) in [7, 11) is 0. The summed E-state index contributed by atoms with van der Waals surface area (Å²) >= 11 is 0. The second-order valence-electron chi connectivity index (χ2n) is 19.6. The molecular formula is C66H49NO. The second kappa shape index (κ2) is 15.2. The quantitative estimate of drug-likeness (QED) is 0.159. The minimum atomic E-state index is -0.208. The maximum absolute atomic E-state index is 6.49. The van der Waals surface area contributed by atoms with E-state index in [0.29, 0.717) is 0 Å². The van der Waals surface area contributed by atoms with Gasteiger partial charge >= 0.3 is 0 Å². The molecule has 0 radical (unpaired) electrons. The molecule has 68 heavy (non-hydrogen) atoms. The van der Waals surface area contributed by atoms with Gasteiger partial charge in [-0.25, -0.2) is 0 Å². The van der Waals surface area contributed by atoms with Crippen LogP contribution in [-0.4, -0.2) is 0 Å². The number of benzene rings is 10. The lowest BCUT2D eigenvalue weighted by atomic mass is 9.77. The van der Waals surface area contributed by atoms with Gasteiger partial charge in [0.2, 0.25) is 0 Å². The van der Waals surface area contributed by atoms with E-state index in [2.05, 4.69) is 245 Å². The van der Waals surface area contributed by atoms with E-state index in [-0.39, 0.29) is 10.8 Å². The maximum atomic E-state index is 6.49.